The summed E-state index contributed by atoms with van der Waals surface area (Å²) in [5, 5.41) is 0. The summed E-state index contributed by atoms with van der Waals surface area (Å²) in [7, 11) is 0. The zero-order chi connectivity index (χ0) is 5.07. The zero-order valence-corrected chi connectivity index (χ0v) is 7.00. The predicted octanol–water partition coefficient (Wildman–Crippen LogP) is 2.31. The number of rotatable bonds is 0. The molecule has 3 rings (SSSR count). The van der Waals surface area contributed by atoms with Gasteiger partial charge in [-0.05, 0) is 18.8 Å². The summed E-state index contributed by atoms with van der Waals surface area (Å²) >= 11 is 7.23. The van der Waals surface area contributed by atoms with Crippen molar-refractivity contribution >= 4 is 31.9 Å². The topological polar surface area (TPSA) is 0 Å². The molecule has 0 heterocycles. The number of hydrogen-bond donors (Lipinski definition) is 0. The predicted molar refractivity (Wildman–Crippen MR) is 37.1 cm³/mol. The van der Waals surface area contributed by atoms with Gasteiger partial charge in [0.15, 0.2) is 0 Å². The summed E-state index contributed by atoms with van der Waals surface area (Å²) in [6, 6.07) is 0. The zero-order valence-electron chi connectivity index (χ0n) is 3.82. The molecule has 1 atom stereocenters. The van der Waals surface area contributed by atoms with Crippen LogP contribution in [-0.4, -0.2) is 9.15 Å². The van der Waals surface area contributed by atoms with Crippen molar-refractivity contribution in [2.75, 3.05) is 0 Å². The monoisotopic (exact) mass is 224 g/mol. The second-order valence-electron chi connectivity index (χ2n) is 2.60. The fourth-order valence-electron chi connectivity index (χ4n) is 1.35. The molecule has 0 saturated heterocycles. The molecule has 2 heteroatoms. The smallest absolute Gasteiger partial charge is 0.0391 e. The highest BCUT2D eigenvalue weighted by Gasteiger charge is 2.62. The maximum Gasteiger partial charge on any atom is 0.0391 e. The summed E-state index contributed by atoms with van der Waals surface area (Å²) in [6.07, 6.45) is 2.81. The van der Waals surface area contributed by atoms with Crippen molar-refractivity contribution in [1.82, 2.24) is 0 Å². The van der Waals surface area contributed by atoms with E-state index < -0.39 is 0 Å². The first-order valence-electron chi connectivity index (χ1n) is 2.55. The van der Waals surface area contributed by atoms with Crippen molar-refractivity contribution in [2.45, 2.75) is 22.0 Å². The van der Waals surface area contributed by atoms with Crippen LogP contribution in [0.25, 0.3) is 0 Å². The molecule has 0 aliphatic heterocycles. The van der Waals surface area contributed by atoms with Crippen molar-refractivity contribution in [3.63, 3.8) is 0 Å². The molecule has 0 aromatic rings. The Morgan fingerprint density at radius 3 is 1.86 bits per heavy atom. The summed E-state index contributed by atoms with van der Waals surface area (Å²) in [5.41, 5.74) is 0. The third-order valence-corrected chi connectivity index (χ3v) is 5.49. The molecule has 0 radical (unpaired) electrons. The minimum atomic E-state index is 0.553. The largest absolute Gasteiger partial charge is 0.0872 e. The number of hydrogen-bond acceptors (Lipinski definition) is 0. The molecule has 3 aliphatic carbocycles. The lowest BCUT2D eigenvalue weighted by atomic mass is 9.56. The van der Waals surface area contributed by atoms with E-state index in [0.717, 1.165) is 10.7 Å². The second-order valence-corrected chi connectivity index (χ2v) is 5.17. The summed E-state index contributed by atoms with van der Waals surface area (Å²) in [5.74, 6) is 1.01. The highest BCUT2D eigenvalue weighted by Crippen LogP contribution is 2.65. The fourth-order valence-corrected chi connectivity index (χ4v) is 3.30. The molecule has 0 N–H and O–H groups in total. The average Bonchev–Trinajstić information content (AvgIpc) is 1.62. The molecule has 2 bridgehead atoms. The average molecular weight is 226 g/mol. The van der Waals surface area contributed by atoms with Gasteiger partial charge >= 0.3 is 0 Å². The maximum absolute atomic E-state index is 3.65. The summed E-state index contributed by atoms with van der Waals surface area (Å²) in [6.45, 7) is 0. The Balaban J connectivity index is 2.17. The van der Waals surface area contributed by atoms with Gasteiger partial charge in [-0.3, -0.25) is 0 Å². The quantitative estimate of drug-likeness (QED) is 0.556. The van der Waals surface area contributed by atoms with Crippen LogP contribution in [0.2, 0.25) is 0 Å². The van der Waals surface area contributed by atoms with Gasteiger partial charge in [-0.1, -0.05) is 31.9 Å². The lowest BCUT2D eigenvalue weighted by Gasteiger charge is -2.62. The molecule has 0 aromatic carbocycles. The van der Waals surface area contributed by atoms with E-state index in [0.29, 0.717) is 4.32 Å². The van der Waals surface area contributed by atoms with Gasteiger partial charge in [0.2, 0.25) is 0 Å². The molecule has 40 valence electrons. The molecule has 0 nitrogen and oxygen atoms in total. The minimum absolute atomic E-state index is 0.553. The van der Waals surface area contributed by atoms with E-state index in [-0.39, 0.29) is 0 Å². The highest BCUT2D eigenvalue weighted by atomic mass is 79.9. The second kappa shape index (κ2) is 1.10. The summed E-state index contributed by atoms with van der Waals surface area (Å²) < 4.78 is 0.553. The van der Waals surface area contributed by atoms with Gasteiger partial charge in [0.05, 0.1) is 0 Å². The molecular weight excluding hydrogens is 220 g/mol. The molecule has 0 aromatic heterocycles. The Morgan fingerprint density at radius 2 is 1.86 bits per heavy atom. The van der Waals surface area contributed by atoms with E-state index in [1.165, 1.54) is 12.8 Å². The van der Waals surface area contributed by atoms with Gasteiger partial charge in [0.1, 0.15) is 0 Å². The van der Waals surface area contributed by atoms with E-state index in [9.17, 15) is 0 Å². The van der Waals surface area contributed by atoms with Crippen molar-refractivity contribution in [3.05, 3.63) is 0 Å². The molecular formula is C5H6Br2. The molecule has 0 amide bonds. The third-order valence-electron chi connectivity index (χ3n) is 2.11. The molecule has 3 saturated carbocycles. The highest BCUT2D eigenvalue weighted by molar-refractivity contribution is 9.12. The van der Waals surface area contributed by atoms with Crippen LogP contribution in [0.1, 0.15) is 12.8 Å². The summed E-state index contributed by atoms with van der Waals surface area (Å²) in [4.78, 5) is 0.806. The van der Waals surface area contributed by atoms with Crippen LogP contribution in [0.3, 0.4) is 0 Å². The molecule has 1 unspecified atom stereocenters. The van der Waals surface area contributed by atoms with Gasteiger partial charge in [-0.2, -0.15) is 0 Å². The Labute approximate surface area is 59.9 Å². The van der Waals surface area contributed by atoms with Crippen molar-refractivity contribution in [1.29, 1.82) is 0 Å². The number of halogens is 2. The van der Waals surface area contributed by atoms with Gasteiger partial charge in [0.25, 0.3) is 0 Å². The molecule has 3 aliphatic rings. The van der Waals surface area contributed by atoms with Crippen LogP contribution in [0.15, 0.2) is 0 Å². The van der Waals surface area contributed by atoms with Crippen LogP contribution >= 0.6 is 31.9 Å². The Bertz CT molecular complexity index is 105. The lowest BCUT2D eigenvalue weighted by Crippen LogP contribution is -2.64. The van der Waals surface area contributed by atoms with Gasteiger partial charge in [-0.25, -0.2) is 0 Å². The molecule has 7 heavy (non-hydrogen) atoms. The standard InChI is InChI=1S/C5H6Br2/c6-4-3-1-5(4,7)2-3/h3-4H,1-2H2. The molecule has 0 spiro atoms. The van der Waals surface area contributed by atoms with Crippen LogP contribution in [0.4, 0.5) is 0 Å². The normalized spacial score (nSPS) is 66.0. The van der Waals surface area contributed by atoms with E-state index in [2.05, 4.69) is 31.9 Å². The van der Waals surface area contributed by atoms with Crippen LogP contribution in [-0.2, 0) is 0 Å². The number of alkyl halides is 2. The maximum atomic E-state index is 3.65. The van der Waals surface area contributed by atoms with E-state index in [4.69, 9.17) is 0 Å². The SMILES string of the molecule is BrC1C2CC1(Br)C2. The molecule has 3 fully saturated rings. The Morgan fingerprint density at radius 1 is 1.43 bits per heavy atom. The first-order valence-corrected chi connectivity index (χ1v) is 4.26. The van der Waals surface area contributed by atoms with E-state index >= 15 is 0 Å². The van der Waals surface area contributed by atoms with Crippen molar-refractivity contribution in [3.8, 4) is 0 Å². The van der Waals surface area contributed by atoms with Crippen LogP contribution < -0.4 is 0 Å². The Kier molecular flexibility index (Phi) is 0.758. The van der Waals surface area contributed by atoms with Crippen LogP contribution in [0, 0.1) is 5.92 Å². The Hall–Kier alpha value is 0.960. The van der Waals surface area contributed by atoms with Gasteiger partial charge < -0.3 is 0 Å². The first-order chi connectivity index (χ1) is 3.22. The first kappa shape index (κ1) is 4.80. The third kappa shape index (κ3) is 0.390. The van der Waals surface area contributed by atoms with E-state index in [1.54, 1.807) is 0 Å². The van der Waals surface area contributed by atoms with Crippen molar-refractivity contribution in [2.24, 2.45) is 5.92 Å². The van der Waals surface area contributed by atoms with Gasteiger partial charge in [-0.15, -0.1) is 0 Å². The minimum Gasteiger partial charge on any atom is -0.0872 e. The van der Waals surface area contributed by atoms with Crippen LogP contribution in [0.5, 0.6) is 0 Å². The van der Waals surface area contributed by atoms with E-state index in [1.807, 2.05) is 0 Å². The lowest BCUT2D eigenvalue weighted by molar-refractivity contribution is 0.0831. The van der Waals surface area contributed by atoms with Gasteiger partial charge in [0, 0.05) is 9.15 Å². The fraction of sp³-hybridized carbons (Fsp3) is 1.00. The van der Waals surface area contributed by atoms with Crippen molar-refractivity contribution < 1.29 is 0 Å².